The maximum Gasteiger partial charge on any atom is 0.320 e. The van der Waals surface area contributed by atoms with Crippen molar-refractivity contribution < 1.29 is 55.1 Å². The summed E-state index contributed by atoms with van der Waals surface area (Å²) in [7, 11) is -4.29. The number of rotatable bonds is 14. The van der Waals surface area contributed by atoms with Gasteiger partial charge in [0.25, 0.3) is 0 Å². The minimum absolute atomic E-state index is 0.153. The Kier molecular flexibility index (Phi) is 21.0. The summed E-state index contributed by atoms with van der Waals surface area (Å²) in [5, 5.41) is 7.73. The third-order valence-electron chi connectivity index (χ3n) is 24.6. The smallest absolute Gasteiger partial charge is 0.320 e. The Morgan fingerprint density at radius 1 is 0.579 bits per heavy atom. The fraction of sp³-hybridized carbons (Fsp3) is 0.580. The SMILES string of the molecule is Cc1ccc2c(O[C@H]3CN4C(=O)N(C)CCCC/C=C\[C@@H]5C[C@@]5(C(=O)NS(=O)(=O)C5(C)CC5)CC(=O)[C@@H]4C3(C)C)cc(-c3csc(C(C)C)n3)nc2c1C.Cc1ccc2c(O[C@H]3CN4C(=O)N(C)CCCC/C=C\[C@@H]5C[C@@]5(C(=O)NS(=O)(=O)C5(C)CC5)CC(=O)[C@@H]4[C@H]3C)cc(-c3csc(C(C)C)n3)nc2c1C. The third-order valence-corrected chi connectivity index (χ3v) is 31.2. The highest BCUT2D eigenvalue weighted by Crippen LogP contribution is 2.60. The highest BCUT2D eigenvalue weighted by Gasteiger charge is 2.66. The van der Waals surface area contributed by atoms with Crippen molar-refractivity contribution in [1.82, 2.24) is 49.0 Å². The number of pyridine rings is 2. The van der Waals surface area contributed by atoms with E-state index in [-0.39, 0.29) is 73.2 Å². The molecule has 0 bridgehead atoms. The van der Waals surface area contributed by atoms with Crippen molar-refractivity contribution >= 4 is 100.0 Å². The summed E-state index contributed by atoms with van der Waals surface area (Å²) < 4.78 is 69.4. The summed E-state index contributed by atoms with van der Waals surface area (Å²) in [6.07, 6.45) is 14.0. The summed E-state index contributed by atoms with van der Waals surface area (Å²) in [6, 6.07) is 9.60. The van der Waals surface area contributed by atoms with E-state index >= 15 is 0 Å². The predicted octanol–water partition coefficient (Wildman–Crippen LogP) is 14.2. The Balaban J connectivity index is 0.000000189. The number of thiazole rings is 2. The molecule has 574 valence electrons. The van der Waals surface area contributed by atoms with Crippen LogP contribution in [0.1, 0.15) is 196 Å². The molecule has 26 heteroatoms. The van der Waals surface area contributed by atoms with Gasteiger partial charge in [0, 0.05) is 96.9 Å². The van der Waals surface area contributed by atoms with E-state index in [1.165, 1.54) is 0 Å². The van der Waals surface area contributed by atoms with Crippen LogP contribution in [0, 0.1) is 61.7 Å². The van der Waals surface area contributed by atoms with Gasteiger partial charge in [0.2, 0.25) is 31.9 Å². The molecular formula is C81H104N10O12S4. The maximum atomic E-state index is 14.8. The molecule has 6 fully saturated rings. The number of fused-ring (bicyclic) bond motifs is 6. The quantitative estimate of drug-likeness (QED) is 0.0959. The van der Waals surface area contributed by atoms with Crippen LogP contribution in [0.25, 0.3) is 44.6 Å². The first-order chi connectivity index (χ1) is 50.4. The van der Waals surface area contributed by atoms with Gasteiger partial charge in [0.1, 0.15) is 29.7 Å². The van der Waals surface area contributed by atoms with E-state index in [4.69, 9.17) is 29.4 Å². The van der Waals surface area contributed by atoms with Crippen LogP contribution in [0.4, 0.5) is 9.59 Å². The predicted molar refractivity (Wildman–Crippen MR) is 417 cm³/mol. The number of aryl methyl sites for hydroxylation is 4. The fourth-order valence-corrected chi connectivity index (χ4v) is 20.3. The molecule has 8 heterocycles. The second-order valence-electron chi connectivity index (χ2n) is 33.6. The zero-order chi connectivity index (χ0) is 77.0. The summed E-state index contributed by atoms with van der Waals surface area (Å²) in [4.78, 5) is 112. The number of carbonyl (C=O) groups excluding carboxylic acids is 6. The summed E-state index contributed by atoms with van der Waals surface area (Å²) in [6.45, 7) is 27.1. The van der Waals surface area contributed by atoms with Gasteiger partial charge >= 0.3 is 12.1 Å². The minimum Gasteiger partial charge on any atom is -0.487 e. The number of ketones is 2. The molecule has 0 spiro atoms. The number of aromatic nitrogens is 4. The molecule has 4 saturated carbocycles. The summed E-state index contributed by atoms with van der Waals surface area (Å²) >= 11 is 3.20. The first kappa shape index (κ1) is 77.5. The number of benzene rings is 2. The lowest BCUT2D eigenvalue weighted by Gasteiger charge is -2.35. The largest absolute Gasteiger partial charge is 0.487 e. The van der Waals surface area contributed by atoms with Crippen LogP contribution in [0.5, 0.6) is 11.5 Å². The van der Waals surface area contributed by atoms with Crippen LogP contribution < -0.4 is 18.9 Å². The van der Waals surface area contributed by atoms with Crippen molar-refractivity contribution in [3.05, 3.63) is 104 Å². The fourth-order valence-electron chi connectivity index (χ4n) is 16.0. The monoisotopic (exact) mass is 1540 g/mol. The van der Waals surface area contributed by atoms with E-state index in [2.05, 4.69) is 51.0 Å². The van der Waals surface area contributed by atoms with Crippen LogP contribution >= 0.6 is 22.7 Å². The standard InChI is InChI=1S/C41H53N5O6S2.C40H51N5O6S2/c1-24(2)36-43-30(23-53-36)29-19-32(28-15-14-25(3)26(4)34(28)42-29)52-33-22-46-35(39(33,5)6)31(47)21-41(37(48)44-54(50,51)40(7)16-17-40)20-27(41)13-11-9-10-12-18-45(8)38(46)49;1-23(2)36-42-30(22-52-36)29-18-32(28-14-13-24(3)25(4)34(28)41-29)51-33-21-45-35(26(33)5)31(46)20-40(37(47)43-53(49,50)39(6)15-16-39)19-27(40)12-10-8-9-11-17-44(7)38(45)48/h11,13-15,19,23-24,27,33,35H,9-10,12,16-18,20-22H2,1-8H3,(H,44,48);10,12-14,18,22-23,26-27,33,35H,8-9,11,15-17,19-21H2,1-7H3,(H,43,47)/b13-11-;12-10-/t27-,33+,35-,41-;26-,27+,33-,35-,40+/m10/s1. The molecule has 107 heavy (non-hydrogen) atoms. The molecule has 0 radical (unpaired) electrons. The Morgan fingerprint density at radius 2 is 1.02 bits per heavy atom. The molecule has 2 aromatic carbocycles. The summed E-state index contributed by atoms with van der Waals surface area (Å²) in [5.74, 6) is -1.01. The molecule has 8 aliphatic rings. The Bertz CT molecular complexity index is 4860. The lowest BCUT2D eigenvalue weighted by atomic mass is 9.77. The summed E-state index contributed by atoms with van der Waals surface area (Å²) in [5.41, 5.74) is 5.49. The molecule has 0 unspecified atom stereocenters. The zero-order valence-corrected chi connectivity index (χ0v) is 67.7. The molecular weight excluding hydrogens is 1430 g/mol. The van der Waals surface area contributed by atoms with Crippen molar-refractivity contribution in [2.75, 3.05) is 40.3 Å². The van der Waals surface area contributed by atoms with Crippen molar-refractivity contribution in [3.63, 3.8) is 0 Å². The van der Waals surface area contributed by atoms with Crippen LogP contribution in [-0.4, -0.2) is 166 Å². The number of hydrogen-bond donors (Lipinski definition) is 2. The molecule has 6 aromatic rings. The third kappa shape index (κ3) is 14.8. The Morgan fingerprint density at radius 3 is 1.46 bits per heavy atom. The second-order valence-corrected chi connectivity index (χ2v) is 39.8. The Hall–Kier alpha value is -7.68. The van der Waals surface area contributed by atoms with Gasteiger partial charge in [0.05, 0.1) is 83.3 Å². The number of carbonyl (C=O) groups is 6. The van der Waals surface area contributed by atoms with Gasteiger partial charge in [-0.1, -0.05) is 84.9 Å². The molecule has 22 nitrogen and oxygen atoms in total. The molecule has 2 N–H and O–H groups in total. The van der Waals surface area contributed by atoms with E-state index in [0.29, 0.717) is 74.5 Å². The average molecular weight is 1540 g/mol. The molecule has 4 aliphatic heterocycles. The number of hydrogen-bond acceptors (Lipinski definition) is 18. The van der Waals surface area contributed by atoms with Crippen molar-refractivity contribution in [2.45, 2.75) is 226 Å². The molecule has 6 amide bonds. The van der Waals surface area contributed by atoms with Gasteiger partial charge in [-0.2, -0.15) is 0 Å². The van der Waals surface area contributed by atoms with Gasteiger partial charge in [-0.05, 0) is 165 Å². The maximum absolute atomic E-state index is 14.8. The van der Waals surface area contributed by atoms with Gasteiger partial charge in [0.15, 0.2) is 11.6 Å². The average Bonchev–Trinajstić information content (AvgIpc) is 1.55. The van der Waals surface area contributed by atoms with Crippen LogP contribution in [0.15, 0.2) is 71.5 Å². The van der Waals surface area contributed by atoms with Gasteiger partial charge < -0.3 is 29.1 Å². The van der Waals surface area contributed by atoms with Crippen molar-refractivity contribution in [3.8, 4) is 34.3 Å². The number of Topliss-reactive ketones (excluding diaryl/α,β-unsaturated/α-hetero) is 2. The van der Waals surface area contributed by atoms with Crippen molar-refractivity contribution in [1.29, 1.82) is 0 Å². The van der Waals surface area contributed by atoms with E-state index in [1.54, 1.807) is 70.2 Å². The second kappa shape index (κ2) is 29.0. The Labute approximate surface area is 637 Å². The first-order valence-corrected chi connectivity index (χ1v) is 42.8. The van der Waals surface area contributed by atoms with Crippen molar-refractivity contribution in [2.24, 2.45) is 34.0 Å². The van der Waals surface area contributed by atoms with Gasteiger partial charge in [-0.25, -0.2) is 46.4 Å². The number of ether oxygens (including phenoxy) is 2. The highest BCUT2D eigenvalue weighted by molar-refractivity contribution is 7.92. The number of nitrogens with one attached hydrogen (secondary N) is 2. The minimum atomic E-state index is -3.91. The van der Waals surface area contributed by atoms with E-state index in [0.717, 1.165) is 104 Å². The van der Waals surface area contributed by atoms with Gasteiger partial charge in [-0.3, -0.25) is 28.6 Å². The topological polar surface area (TPSA) is 278 Å². The highest BCUT2D eigenvalue weighted by atomic mass is 32.2. The van der Waals surface area contributed by atoms with Crippen LogP contribution in [0.2, 0.25) is 0 Å². The zero-order valence-electron chi connectivity index (χ0n) is 64.5. The number of urea groups is 2. The molecule has 2 saturated heterocycles. The number of nitrogens with zero attached hydrogens (tertiary/aromatic N) is 8. The van der Waals surface area contributed by atoms with Gasteiger partial charge in [-0.15, -0.1) is 22.7 Å². The van der Waals surface area contributed by atoms with E-state index < -0.39 is 87.8 Å². The first-order valence-electron chi connectivity index (χ1n) is 38.1. The van der Waals surface area contributed by atoms with E-state index in [1.807, 2.05) is 106 Å². The van der Waals surface area contributed by atoms with Crippen LogP contribution in [-0.2, 0) is 39.2 Å². The van der Waals surface area contributed by atoms with Crippen LogP contribution in [0.3, 0.4) is 0 Å². The molecule has 4 aromatic heterocycles. The lowest BCUT2D eigenvalue weighted by Crippen LogP contribution is -2.52. The number of sulfonamides is 2. The number of allylic oxidation sites excluding steroid dienone is 4. The molecule has 4 aliphatic carbocycles. The van der Waals surface area contributed by atoms with E-state index in [9.17, 15) is 45.6 Å². The number of amides is 6. The molecule has 9 atom stereocenters. The lowest BCUT2D eigenvalue weighted by molar-refractivity contribution is -0.133. The normalized spacial score (nSPS) is 27.7. The molecule has 14 rings (SSSR count).